The molecule has 1 aromatic heterocycles. The van der Waals surface area contributed by atoms with Gasteiger partial charge in [-0.25, -0.2) is 0 Å². The van der Waals surface area contributed by atoms with E-state index in [0.717, 1.165) is 12.3 Å². The average molecular weight is 161 g/mol. The van der Waals surface area contributed by atoms with Gasteiger partial charge in [-0.2, -0.15) is 0 Å². The fraction of sp³-hybridized carbons (Fsp3) is 0.545. The van der Waals surface area contributed by atoms with E-state index in [9.17, 15) is 0 Å². The molecule has 1 aliphatic carbocycles. The first-order valence-corrected chi connectivity index (χ1v) is 4.85. The van der Waals surface area contributed by atoms with Crippen molar-refractivity contribution in [2.45, 2.75) is 38.5 Å². The van der Waals surface area contributed by atoms with E-state index in [1.165, 1.54) is 30.5 Å². The summed E-state index contributed by atoms with van der Waals surface area (Å²) in [7, 11) is 0. The minimum absolute atomic E-state index is 0.847. The molecule has 12 heavy (non-hydrogen) atoms. The number of rotatable bonds is 3. The van der Waals surface area contributed by atoms with Crippen LogP contribution >= 0.6 is 0 Å². The molecule has 0 atom stereocenters. The molecule has 64 valence electrons. The van der Waals surface area contributed by atoms with E-state index in [4.69, 9.17) is 0 Å². The lowest BCUT2D eigenvalue weighted by molar-refractivity contribution is 0.854. The van der Waals surface area contributed by atoms with Gasteiger partial charge in [0, 0.05) is 11.9 Å². The summed E-state index contributed by atoms with van der Waals surface area (Å²) in [6.07, 6.45) is 7.02. The predicted octanol–water partition coefficient (Wildman–Crippen LogP) is 2.91. The molecule has 0 radical (unpaired) electrons. The lowest BCUT2D eigenvalue weighted by Crippen LogP contribution is -1.94. The van der Waals surface area contributed by atoms with E-state index < -0.39 is 0 Å². The SMILES string of the molecule is CCCc1ncccc1C1CC1. The minimum Gasteiger partial charge on any atom is -0.261 e. The van der Waals surface area contributed by atoms with Gasteiger partial charge in [0.05, 0.1) is 0 Å². The smallest absolute Gasteiger partial charge is 0.0438 e. The summed E-state index contributed by atoms with van der Waals surface area (Å²) in [6.45, 7) is 2.21. The van der Waals surface area contributed by atoms with Gasteiger partial charge in [0.2, 0.25) is 0 Å². The van der Waals surface area contributed by atoms with Crippen LogP contribution in [0.15, 0.2) is 18.3 Å². The molecule has 1 aliphatic rings. The number of hydrogen-bond donors (Lipinski definition) is 0. The van der Waals surface area contributed by atoms with E-state index in [1.807, 2.05) is 6.20 Å². The molecular formula is C11H15N. The third-order valence-electron chi connectivity index (χ3n) is 2.43. The maximum atomic E-state index is 4.43. The summed E-state index contributed by atoms with van der Waals surface area (Å²) < 4.78 is 0. The Kier molecular flexibility index (Phi) is 2.11. The van der Waals surface area contributed by atoms with Crippen molar-refractivity contribution in [1.29, 1.82) is 0 Å². The minimum atomic E-state index is 0.847. The van der Waals surface area contributed by atoms with Crippen LogP contribution in [0.2, 0.25) is 0 Å². The average Bonchev–Trinajstić information content (AvgIpc) is 2.89. The molecule has 0 bridgehead atoms. The highest BCUT2D eigenvalue weighted by molar-refractivity contribution is 5.27. The van der Waals surface area contributed by atoms with Gasteiger partial charge in [0.1, 0.15) is 0 Å². The Labute approximate surface area is 73.8 Å². The summed E-state index contributed by atoms with van der Waals surface area (Å²) in [5, 5.41) is 0. The monoisotopic (exact) mass is 161 g/mol. The molecule has 0 aliphatic heterocycles. The number of hydrogen-bond acceptors (Lipinski definition) is 1. The summed E-state index contributed by atoms with van der Waals surface area (Å²) in [5.74, 6) is 0.847. The summed E-state index contributed by atoms with van der Waals surface area (Å²) in [5.41, 5.74) is 2.85. The molecule has 1 nitrogen and oxygen atoms in total. The Bertz CT molecular complexity index is 263. The van der Waals surface area contributed by atoms with Crippen LogP contribution in [0.4, 0.5) is 0 Å². The predicted molar refractivity (Wildman–Crippen MR) is 50.2 cm³/mol. The highest BCUT2D eigenvalue weighted by atomic mass is 14.7. The molecule has 0 N–H and O–H groups in total. The molecule has 0 unspecified atom stereocenters. The molecule has 0 aromatic carbocycles. The summed E-state index contributed by atoms with van der Waals surface area (Å²) >= 11 is 0. The highest BCUT2D eigenvalue weighted by Crippen LogP contribution is 2.41. The van der Waals surface area contributed by atoms with Crippen molar-refractivity contribution in [2.75, 3.05) is 0 Å². The Morgan fingerprint density at radius 3 is 3.00 bits per heavy atom. The fourth-order valence-electron chi connectivity index (χ4n) is 1.66. The van der Waals surface area contributed by atoms with Crippen LogP contribution in [0.5, 0.6) is 0 Å². The largest absolute Gasteiger partial charge is 0.261 e. The number of aryl methyl sites for hydroxylation is 1. The zero-order valence-electron chi connectivity index (χ0n) is 7.59. The molecule has 0 spiro atoms. The Morgan fingerprint density at radius 1 is 1.50 bits per heavy atom. The second-order valence-electron chi connectivity index (χ2n) is 3.56. The second-order valence-corrected chi connectivity index (χ2v) is 3.56. The van der Waals surface area contributed by atoms with Crippen LogP contribution in [-0.4, -0.2) is 4.98 Å². The molecule has 1 fully saturated rings. The van der Waals surface area contributed by atoms with Crippen molar-refractivity contribution in [3.8, 4) is 0 Å². The van der Waals surface area contributed by atoms with E-state index >= 15 is 0 Å². The number of pyridine rings is 1. The van der Waals surface area contributed by atoms with Crippen LogP contribution in [0.3, 0.4) is 0 Å². The van der Waals surface area contributed by atoms with Crippen molar-refractivity contribution in [1.82, 2.24) is 4.98 Å². The third-order valence-corrected chi connectivity index (χ3v) is 2.43. The van der Waals surface area contributed by atoms with Crippen LogP contribution in [0, 0.1) is 0 Å². The Morgan fingerprint density at radius 2 is 2.33 bits per heavy atom. The third kappa shape index (κ3) is 1.50. The molecule has 1 heterocycles. The van der Waals surface area contributed by atoms with Gasteiger partial charge in [-0.05, 0) is 36.8 Å². The molecule has 0 amide bonds. The van der Waals surface area contributed by atoms with Gasteiger partial charge in [-0.1, -0.05) is 19.4 Å². The van der Waals surface area contributed by atoms with Crippen LogP contribution in [0.1, 0.15) is 43.4 Å². The Balaban J connectivity index is 2.24. The molecule has 0 saturated heterocycles. The molecule has 2 rings (SSSR count). The first-order chi connectivity index (χ1) is 5.92. The first-order valence-electron chi connectivity index (χ1n) is 4.85. The molecule has 1 heteroatoms. The zero-order valence-corrected chi connectivity index (χ0v) is 7.59. The standard InChI is InChI=1S/C11H15N/c1-2-4-11-10(9-6-7-9)5-3-8-12-11/h3,5,8-9H,2,4,6-7H2,1H3. The van der Waals surface area contributed by atoms with E-state index in [1.54, 1.807) is 0 Å². The zero-order chi connectivity index (χ0) is 8.39. The summed E-state index contributed by atoms with van der Waals surface area (Å²) in [4.78, 5) is 4.43. The molecule has 1 aromatic rings. The van der Waals surface area contributed by atoms with Crippen molar-refractivity contribution in [3.05, 3.63) is 29.6 Å². The molecule has 1 saturated carbocycles. The highest BCUT2D eigenvalue weighted by Gasteiger charge is 2.25. The number of nitrogens with zero attached hydrogens (tertiary/aromatic N) is 1. The summed E-state index contributed by atoms with van der Waals surface area (Å²) in [6, 6.07) is 4.31. The van der Waals surface area contributed by atoms with E-state index in [0.29, 0.717) is 0 Å². The van der Waals surface area contributed by atoms with Gasteiger partial charge in [-0.3, -0.25) is 4.98 Å². The normalized spacial score (nSPS) is 16.4. The van der Waals surface area contributed by atoms with Crippen molar-refractivity contribution >= 4 is 0 Å². The first kappa shape index (κ1) is 7.78. The van der Waals surface area contributed by atoms with Crippen LogP contribution in [-0.2, 0) is 6.42 Å². The lowest BCUT2D eigenvalue weighted by Gasteiger charge is -2.04. The van der Waals surface area contributed by atoms with Gasteiger partial charge < -0.3 is 0 Å². The maximum Gasteiger partial charge on any atom is 0.0438 e. The number of aromatic nitrogens is 1. The fourth-order valence-corrected chi connectivity index (χ4v) is 1.66. The topological polar surface area (TPSA) is 12.9 Å². The van der Waals surface area contributed by atoms with Gasteiger partial charge in [-0.15, -0.1) is 0 Å². The maximum absolute atomic E-state index is 4.43. The van der Waals surface area contributed by atoms with Gasteiger partial charge >= 0.3 is 0 Å². The van der Waals surface area contributed by atoms with E-state index in [2.05, 4.69) is 24.0 Å². The van der Waals surface area contributed by atoms with Gasteiger partial charge in [0.15, 0.2) is 0 Å². The van der Waals surface area contributed by atoms with Gasteiger partial charge in [0.25, 0.3) is 0 Å². The Hall–Kier alpha value is -0.850. The van der Waals surface area contributed by atoms with Crippen LogP contribution in [0.25, 0.3) is 0 Å². The second kappa shape index (κ2) is 3.26. The quantitative estimate of drug-likeness (QED) is 0.664. The van der Waals surface area contributed by atoms with Crippen molar-refractivity contribution < 1.29 is 0 Å². The lowest BCUT2D eigenvalue weighted by atomic mass is 10.1. The van der Waals surface area contributed by atoms with E-state index in [-0.39, 0.29) is 0 Å². The molecular weight excluding hydrogens is 146 g/mol. The van der Waals surface area contributed by atoms with Crippen LogP contribution < -0.4 is 0 Å². The van der Waals surface area contributed by atoms with Crippen molar-refractivity contribution in [2.24, 2.45) is 0 Å². The van der Waals surface area contributed by atoms with Crippen molar-refractivity contribution in [3.63, 3.8) is 0 Å².